The molecular formula is C14H19NO5S. The Morgan fingerprint density at radius 1 is 1.19 bits per heavy atom. The molecule has 0 atom stereocenters. The number of hydrogen-bond acceptors (Lipinski definition) is 5. The third-order valence-electron chi connectivity index (χ3n) is 2.59. The lowest BCUT2D eigenvalue weighted by atomic mass is 10.2. The average molecular weight is 313 g/mol. The van der Waals surface area contributed by atoms with Crippen LogP contribution in [0, 0.1) is 0 Å². The summed E-state index contributed by atoms with van der Waals surface area (Å²) in [4.78, 5) is 21.7. The van der Waals surface area contributed by atoms with Crippen LogP contribution in [0.2, 0.25) is 0 Å². The van der Waals surface area contributed by atoms with E-state index in [2.05, 4.69) is 10.1 Å². The van der Waals surface area contributed by atoms with Gasteiger partial charge in [-0.25, -0.2) is 8.42 Å². The van der Waals surface area contributed by atoms with E-state index >= 15 is 0 Å². The number of benzene rings is 1. The summed E-state index contributed by atoms with van der Waals surface area (Å²) in [7, 11) is -3.19. The molecular weight excluding hydrogens is 294 g/mol. The summed E-state index contributed by atoms with van der Waals surface area (Å²) in [5.41, 5.74) is 0.747. The number of amides is 1. The van der Waals surface area contributed by atoms with Crippen molar-refractivity contribution < 1.29 is 22.7 Å². The third kappa shape index (κ3) is 8.09. The molecule has 0 aliphatic heterocycles. The first-order valence-electron chi connectivity index (χ1n) is 6.53. The molecule has 1 amide bonds. The fraction of sp³-hybridized carbons (Fsp3) is 0.429. The van der Waals surface area contributed by atoms with Crippen LogP contribution in [0.15, 0.2) is 30.3 Å². The zero-order chi connectivity index (χ0) is 15.7. The van der Waals surface area contributed by atoms with E-state index in [1.54, 1.807) is 24.3 Å². The van der Waals surface area contributed by atoms with E-state index in [1.165, 1.54) is 6.92 Å². The molecule has 1 aromatic rings. The maximum absolute atomic E-state index is 11.9. The molecule has 21 heavy (non-hydrogen) atoms. The average Bonchev–Trinajstić information content (AvgIpc) is 2.42. The number of carbonyl (C=O) groups is 2. The smallest absolute Gasteiger partial charge is 0.303 e. The molecule has 1 N–H and O–H groups in total. The van der Waals surface area contributed by atoms with Gasteiger partial charge in [0.05, 0.1) is 11.5 Å². The molecule has 0 bridgehead atoms. The molecule has 0 unspecified atom stereocenters. The van der Waals surface area contributed by atoms with E-state index < -0.39 is 21.7 Å². The Bertz CT molecular complexity index is 568. The second-order valence-corrected chi connectivity index (χ2v) is 6.75. The molecule has 0 aliphatic rings. The fourth-order valence-electron chi connectivity index (χ4n) is 1.64. The minimum absolute atomic E-state index is 0.00423. The van der Waals surface area contributed by atoms with Crippen molar-refractivity contribution in [2.75, 3.05) is 18.9 Å². The number of ether oxygens (including phenoxy) is 1. The van der Waals surface area contributed by atoms with Gasteiger partial charge in [0.25, 0.3) is 5.91 Å². The van der Waals surface area contributed by atoms with Crippen LogP contribution in [0.25, 0.3) is 0 Å². The van der Waals surface area contributed by atoms with Crippen LogP contribution in [0.1, 0.15) is 18.9 Å². The summed E-state index contributed by atoms with van der Waals surface area (Å²) < 4.78 is 28.3. The first-order valence-corrected chi connectivity index (χ1v) is 8.35. The minimum Gasteiger partial charge on any atom is -0.456 e. The topological polar surface area (TPSA) is 89.5 Å². The third-order valence-corrected chi connectivity index (χ3v) is 4.27. The quantitative estimate of drug-likeness (QED) is 0.563. The maximum Gasteiger partial charge on any atom is 0.303 e. The number of esters is 1. The van der Waals surface area contributed by atoms with E-state index in [-0.39, 0.29) is 24.7 Å². The van der Waals surface area contributed by atoms with Gasteiger partial charge in [-0.2, -0.15) is 0 Å². The Kier molecular flexibility index (Phi) is 6.87. The molecule has 0 heterocycles. The number of rotatable bonds is 8. The second-order valence-electron chi connectivity index (χ2n) is 4.56. The van der Waals surface area contributed by atoms with Gasteiger partial charge in [-0.3, -0.25) is 9.59 Å². The van der Waals surface area contributed by atoms with Crippen molar-refractivity contribution in [3.05, 3.63) is 35.9 Å². The van der Waals surface area contributed by atoms with Crippen molar-refractivity contribution in [1.29, 1.82) is 0 Å². The van der Waals surface area contributed by atoms with Crippen molar-refractivity contribution >= 4 is 21.7 Å². The standard InChI is InChI=1S/C14H19NO5S/c1-12(16)20-10-14(17)15-8-5-9-21(18,19)11-13-6-3-2-4-7-13/h2-4,6-7H,5,8-11H2,1H3,(H,15,17). The van der Waals surface area contributed by atoms with E-state index in [0.29, 0.717) is 6.42 Å². The van der Waals surface area contributed by atoms with Gasteiger partial charge in [-0.15, -0.1) is 0 Å². The number of nitrogens with one attached hydrogen (secondary N) is 1. The Balaban J connectivity index is 2.25. The normalized spacial score (nSPS) is 10.9. The zero-order valence-electron chi connectivity index (χ0n) is 11.9. The van der Waals surface area contributed by atoms with Crippen molar-refractivity contribution in [2.45, 2.75) is 19.1 Å². The minimum atomic E-state index is -3.19. The van der Waals surface area contributed by atoms with Crippen molar-refractivity contribution in [2.24, 2.45) is 0 Å². The van der Waals surface area contributed by atoms with Crippen LogP contribution in [0.3, 0.4) is 0 Å². The summed E-state index contributed by atoms with van der Waals surface area (Å²) in [5.74, 6) is -0.980. The molecule has 0 spiro atoms. The van der Waals surface area contributed by atoms with Crippen LogP contribution < -0.4 is 5.32 Å². The molecule has 1 rings (SSSR count). The molecule has 7 heteroatoms. The molecule has 0 aliphatic carbocycles. The SMILES string of the molecule is CC(=O)OCC(=O)NCCCS(=O)(=O)Cc1ccccc1. The van der Waals surface area contributed by atoms with E-state index in [4.69, 9.17) is 0 Å². The fourth-order valence-corrected chi connectivity index (χ4v) is 3.07. The Labute approximate surface area is 124 Å². The lowest BCUT2D eigenvalue weighted by molar-refractivity contribution is -0.146. The van der Waals surface area contributed by atoms with Gasteiger partial charge in [0.2, 0.25) is 0 Å². The van der Waals surface area contributed by atoms with Crippen LogP contribution in [-0.4, -0.2) is 39.2 Å². The molecule has 6 nitrogen and oxygen atoms in total. The molecule has 0 radical (unpaired) electrons. The summed E-state index contributed by atoms with van der Waals surface area (Å²) in [5, 5.41) is 2.49. The van der Waals surface area contributed by atoms with Crippen LogP contribution in [0.5, 0.6) is 0 Å². The van der Waals surface area contributed by atoms with Gasteiger partial charge >= 0.3 is 5.97 Å². The highest BCUT2D eigenvalue weighted by Crippen LogP contribution is 2.06. The van der Waals surface area contributed by atoms with Gasteiger partial charge in [0.1, 0.15) is 0 Å². The van der Waals surface area contributed by atoms with E-state index in [9.17, 15) is 18.0 Å². The Morgan fingerprint density at radius 2 is 1.86 bits per heavy atom. The molecule has 1 aromatic carbocycles. The molecule has 0 saturated heterocycles. The highest BCUT2D eigenvalue weighted by atomic mass is 32.2. The van der Waals surface area contributed by atoms with Crippen LogP contribution in [-0.2, 0) is 29.9 Å². The second kappa shape index (κ2) is 8.41. The maximum atomic E-state index is 11.9. The first kappa shape index (κ1) is 17.2. The predicted octanol–water partition coefficient (Wildman–Crippen LogP) is 0.671. The summed E-state index contributed by atoms with van der Waals surface area (Å²) in [6, 6.07) is 8.94. The zero-order valence-corrected chi connectivity index (χ0v) is 12.7. The Hall–Kier alpha value is -1.89. The summed E-state index contributed by atoms with van der Waals surface area (Å²) in [6.07, 6.45) is 0.320. The van der Waals surface area contributed by atoms with Gasteiger partial charge in [0.15, 0.2) is 16.4 Å². The number of hydrogen-bond donors (Lipinski definition) is 1. The summed E-state index contributed by atoms with van der Waals surface area (Å²) in [6.45, 7) is 1.10. The Morgan fingerprint density at radius 3 is 2.48 bits per heavy atom. The van der Waals surface area contributed by atoms with Gasteiger partial charge in [0, 0.05) is 13.5 Å². The number of sulfone groups is 1. The molecule has 0 fully saturated rings. The van der Waals surface area contributed by atoms with Gasteiger partial charge < -0.3 is 10.1 Å². The van der Waals surface area contributed by atoms with Crippen molar-refractivity contribution in [3.63, 3.8) is 0 Å². The van der Waals surface area contributed by atoms with Crippen molar-refractivity contribution in [1.82, 2.24) is 5.32 Å². The number of carbonyl (C=O) groups excluding carboxylic acids is 2. The van der Waals surface area contributed by atoms with Crippen LogP contribution >= 0.6 is 0 Å². The lowest BCUT2D eigenvalue weighted by Crippen LogP contribution is -2.30. The van der Waals surface area contributed by atoms with Gasteiger partial charge in [-0.05, 0) is 12.0 Å². The van der Waals surface area contributed by atoms with E-state index in [1.807, 2.05) is 6.07 Å². The highest BCUT2D eigenvalue weighted by Gasteiger charge is 2.12. The summed E-state index contributed by atoms with van der Waals surface area (Å²) >= 11 is 0. The predicted molar refractivity (Wildman–Crippen MR) is 78.2 cm³/mol. The van der Waals surface area contributed by atoms with Gasteiger partial charge in [-0.1, -0.05) is 30.3 Å². The molecule has 0 aromatic heterocycles. The monoisotopic (exact) mass is 313 g/mol. The molecule has 116 valence electrons. The van der Waals surface area contributed by atoms with Crippen molar-refractivity contribution in [3.8, 4) is 0 Å². The first-order chi connectivity index (χ1) is 9.89. The van der Waals surface area contributed by atoms with E-state index in [0.717, 1.165) is 5.56 Å². The largest absolute Gasteiger partial charge is 0.456 e. The molecule has 0 saturated carbocycles. The highest BCUT2D eigenvalue weighted by molar-refractivity contribution is 7.90. The van der Waals surface area contributed by atoms with Crippen LogP contribution in [0.4, 0.5) is 0 Å². The lowest BCUT2D eigenvalue weighted by Gasteiger charge is -2.06.